The molecule has 136 valence electrons. The fourth-order valence-corrected chi connectivity index (χ4v) is 4.07. The van der Waals surface area contributed by atoms with Gasteiger partial charge in [0.15, 0.2) is 0 Å². The largest absolute Gasteiger partial charge is 0.332 e. The summed E-state index contributed by atoms with van der Waals surface area (Å²) in [7, 11) is 0. The molecule has 4 rings (SSSR count). The Kier molecular flexibility index (Phi) is 4.53. The van der Waals surface area contributed by atoms with E-state index in [0.717, 1.165) is 37.1 Å². The van der Waals surface area contributed by atoms with Crippen LogP contribution in [0.2, 0.25) is 0 Å². The van der Waals surface area contributed by atoms with Gasteiger partial charge in [-0.1, -0.05) is 24.3 Å². The van der Waals surface area contributed by atoms with Crippen LogP contribution in [0, 0.1) is 5.82 Å². The van der Waals surface area contributed by atoms with Crippen LogP contribution in [0.4, 0.5) is 4.39 Å². The minimum absolute atomic E-state index is 0.0675. The first-order valence-electron chi connectivity index (χ1n) is 9.49. The molecule has 0 spiro atoms. The topological polar surface area (TPSA) is 32.3 Å². The first kappa shape index (κ1) is 17.2. The molecule has 0 bridgehead atoms. The molecule has 0 saturated carbocycles. The molecular weight excluding hydrogens is 327 g/mol. The maximum atomic E-state index is 14.6. The summed E-state index contributed by atoms with van der Waals surface area (Å²) in [6.07, 6.45) is 2.32. The normalized spacial score (nSPS) is 17.8. The number of nitrogens with zero attached hydrogens (tertiary/aromatic N) is 1. The predicted molar refractivity (Wildman–Crippen MR) is 102 cm³/mol. The summed E-state index contributed by atoms with van der Waals surface area (Å²) in [6, 6.07) is 11.9. The van der Waals surface area contributed by atoms with Crippen LogP contribution in [0.25, 0.3) is 11.1 Å². The van der Waals surface area contributed by atoms with Crippen molar-refractivity contribution in [1.29, 1.82) is 0 Å². The van der Waals surface area contributed by atoms with Gasteiger partial charge in [0.05, 0.1) is 0 Å². The lowest BCUT2D eigenvalue weighted by Crippen LogP contribution is -2.30. The first-order chi connectivity index (χ1) is 12.5. The number of fused-ring (bicyclic) bond motifs is 1. The Balaban J connectivity index is 1.63. The molecule has 2 aromatic carbocycles. The molecule has 2 aromatic rings. The van der Waals surface area contributed by atoms with E-state index in [0.29, 0.717) is 23.6 Å². The summed E-state index contributed by atoms with van der Waals surface area (Å²) in [4.78, 5) is 14.3. The fraction of sp³-hybridized carbons (Fsp3) is 0.409. The molecule has 0 atom stereocenters. The third-order valence-corrected chi connectivity index (χ3v) is 5.69. The SMILES string of the molecule is CC(C)N1Cc2c(F)cc(-c3ccc(C4CCNCC4)cc3)cc2C1=O. The van der Waals surface area contributed by atoms with Crippen molar-refractivity contribution in [2.75, 3.05) is 13.1 Å². The van der Waals surface area contributed by atoms with Crippen molar-refractivity contribution < 1.29 is 9.18 Å². The van der Waals surface area contributed by atoms with E-state index in [1.54, 1.807) is 11.0 Å². The van der Waals surface area contributed by atoms with Crippen LogP contribution in [-0.4, -0.2) is 29.9 Å². The second kappa shape index (κ2) is 6.84. The van der Waals surface area contributed by atoms with Crippen molar-refractivity contribution in [3.05, 3.63) is 58.9 Å². The number of piperidine rings is 1. The minimum atomic E-state index is -0.281. The van der Waals surface area contributed by atoms with E-state index in [4.69, 9.17) is 0 Å². The van der Waals surface area contributed by atoms with E-state index in [9.17, 15) is 9.18 Å². The second-order valence-electron chi connectivity index (χ2n) is 7.66. The van der Waals surface area contributed by atoms with Gasteiger partial charge in [-0.2, -0.15) is 0 Å². The van der Waals surface area contributed by atoms with Gasteiger partial charge < -0.3 is 10.2 Å². The molecule has 3 nitrogen and oxygen atoms in total. The summed E-state index contributed by atoms with van der Waals surface area (Å²) in [5.41, 5.74) is 4.12. The molecule has 0 aliphatic carbocycles. The molecule has 0 unspecified atom stereocenters. The Labute approximate surface area is 154 Å². The van der Waals surface area contributed by atoms with E-state index in [2.05, 4.69) is 29.6 Å². The molecule has 2 heterocycles. The molecule has 4 heteroatoms. The van der Waals surface area contributed by atoms with Crippen LogP contribution < -0.4 is 5.32 Å². The summed E-state index contributed by atoms with van der Waals surface area (Å²) in [6.45, 7) is 6.42. The van der Waals surface area contributed by atoms with E-state index in [1.807, 2.05) is 19.9 Å². The number of hydrogen-bond acceptors (Lipinski definition) is 2. The number of carbonyl (C=O) groups is 1. The van der Waals surface area contributed by atoms with Crippen LogP contribution in [0.3, 0.4) is 0 Å². The molecule has 1 fully saturated rings. The standard InChI is InChI=1S/C22H25FN2O/c1-14(2)25-13-20-19(22(25)26)11-18(12-21(20)23)16-5-3-15(4-6-16)17-7-9-24-10-8-17/h3-6,11-12,14,17,24H,7-10,13H2,1-2H3. The van der Waals surface area contributed by atoms with E-state index < -0.39 is 0 Å². The Morgan fingerprint density at radius 1 is 1.08 bits per heavy atom. The zero-order valence-corrected chi connectivity index (χ0v) is 15.4. The van der Waals surface area contributed by atoms with Gasteiger partial charge in [0.1, 0.15) is 5.82 Å². The van der Waals surface area contributed by atoms with Gasteiger partial charge in [-0.3, -0.25) is 4.79 Å². The minimum Gasteiger partial charge on any atom is -0.332 e. The third kappa shape index (κ3) is 3.03. The number of carbonyl (C=O) groups excluding carboxylic acids is 1. The smallest absolute Gasteiger partial charge is 0.254 e. The van der Waals surface area contributed by atoms with Crippen molar-refractivity contribution in [1.82, 2.24) is 10.2 Å². The van der Waals surface area contributed by atoms with Gasteiger partial charge >= 0.3 is 0 Å². The van der Waals surface area contributed by atoms with Gasteiger partial charge in [-0.15, -0.1) is 0 Å². The molecule has 1 amide bonds. The number of hydrogen-bond donors (Lipinski definition) is 1. The summed E-state index contributed by atoms with van der Waals surface area (Å²) in [5.74, 6) is 0.252. The monoisotopic (exact) mass is 352 g/mol. The molecular formula is C22H25FN2O. The molecule has 0 radical (unpaired) electrons. The van der Waals surface area contributed by atoms with Gasteiger partial charge in [-0.05, 0) is 74.5 Å². The van der Waals surface area contributed by atoms with Crippen LogP contribution in [0.15, 0.2) is 36.4 Å². The fourth-order valence-electron chi connectivity index (χ4n) is 4.07. The van der Waals surface area contributed by atoms with Gasteiger partial charge in [-0.25, -0.2) is 4.39 Å². The molecule has 1 N–H and O–H groups in total. The second-order valence-corrected chi connectivity index (χ2v) is 7.66. The molecule has 2 aliphatic rings. The highest BCUT2D eigenvalue weighted by molar-refractivity contribution is 5.99. The summed E-state index contributed by atoms with van der Waals surface area (Å²) >= 11 is 0. The van der Waals surface area contributed by atoms with Gasteiger partial charge in [0, 0.05) is 23.7 Å². The Hall–Kier alpha value is -2.20. The Morgan fingerprint density at radius 3 is 2.42 bits per heavy atom. The lowest BCUT2D eigenvalue weighted by atomic mass is 9.89. The van der Waals surface area contributed by atoms with Gasteiger partial charge in [0.25, 0.3) is 5.91 Å². The van der Waals surface area contributed by atoms with Crippen molar-refractivity contribution in [3.8, 4) is 11.1 Å². The maximum Gasteiger partial charge on any atom is 0.254 e. The number of nitrogens with one attached hydrogen (secondary N) is 1. The predicted octanol–water partition coefficient (Wildman–Crippen LogP) is 4.32. The molecule has 1 saturated heterocycles. The maximum absolute atomic E-state index is 14.6. The Morgan fingerprint density at radius 2 is 1.77 bits per heavy atom. The summed E-state index contributed by atoms with van der Waals surface area (Å²) in [5, 5.41) is 3.39. The molecule has 0 aromatic heterocycles. The van der Waals surface area contributed by atoms with Crippen LogP contribution in [0.5, 0.6) is 0 Å². The van der Waals surface area contributed by atoms with Crippen LogP contribution in [0.1, 0.15) is 54.1 Å². The summed E-state index contributed by atoms with van der Waals surface area (Å²) < 4.78 is 14.6. The number of halogens is 1. The van der Waals surface area contributed by atoms with Crippen molar-refractivity contribution >= 4 is 5.91 Å². The Bertz CT molecular complexity index is 823. The van der Waals surface area contributed by atoms with E-state index >= 15 is 0 Å². The molecule has 26 heavy (non-hydrogen) atoms. The van der Waals surface area contributed by atoms with Crippen molar-refractivity contribution in [3.63, 3.8) is 0 Å². The average molecular weight is 352 g/mol. The van der Waals surface area contributed by atoms with Gasteiger partial charge in [0.2, 0.25) is 0 Å². The van der Waals surface area contributed by atoms with E-state index in [-0.39, 0.29) is 17.8 Å². The van der Waals surface area contributed by atoms with Crippen LogP contribution >= 0.6 is 0 Å². The highest BCUT2D eigenvalue weighted by atomic mass is 19.1. The average Bonchev–Trinajstić information content (AvgIpc) is 3.00. The highest BCUT2D eigenvalue weighted by Crippen LogP contribution is 2.33. The molecule has 2 aliphatic heterocycles. The zero-order valence-electron chi connectivity index (χ0n) is 15.4. The zero-order chi connectivity index (χ0) is 18.3. The third-order valence-electron chi connectivity index (χ3n) is 5.69. The quantitative estimate of drug-likeness (QED) is 0.892. The highest BCUT2D eigenvalue weighted by Gasteiger charge is 2.32. The van der Waals surface area contributed by atoms with Crippen molar-refractivity contribution in [2.24, 2.45) is 0 Å². The van der Waals surface area contributed by atoms with E-state index in [1.165, 1.54) is 5.56 Å². The lowest BCUT2D eigenvalue weighted by Gasteiger charge is -2.23. The number of rotatable bonds is 3. The number of amides is 1. The number of benzene rings is 2. The van der Waals surface area contributed by atoms with Crippen LogP contribution in [-0.2, 0) is 6.54 Å². The van der Waals surface area contributed by atoms with Crippen molar-refractivity contribution in [2.45, 2.75) is 45.2 Å². The lowest BCUT2D eigenvalue weighted by molar-refractivity contribution is 0.0730. The first-order valence-corrected chi connectivity index (χ1v) is 9.49.